The highest BCUT2D eigenvalue weighted by Gasteiger charge is 2.33. The van der Waals surface area contributed by atoms with Gasteiger partial charge in [-0.15, -0.1) is 0 Å². The maximum Gasteiger partial charge on any atom is 0.433 e. The zero-order valence-corrected chi connectivity index (χ0v) is 17.3. The number of fused-ring (bicyclic) bond motifs is 1. The Bertz CT molecular complexity index is 1180. The average molecular weight is 468 g/mol. The van der Waals surface area contributed by atoms with Crippen molar-refractivity contribution >= 4 is 5.91 Å². The first-order valence-electron chi connectivity index (χ1n) is 9.97. The highest BCUT2D eigenvalue weighted by atomic mass is 19.4. The van der Waals surface area contributed by atoms with Crippen LogP contribution in [-0.2, 0) is 36.7 Å². The SMILES string of the molecule is CC(=O)N1CCc2c(c(-c3cccc(C(F)(F)F)c3)nn2Cc2ccc(C(F)(F)F)nc2)C1. The van der Waals surface area contributed by atoms with Gasteiger partial charge < -0.3 is 4.90 Å². The van der Waals surface area contributed by atoms with Crippen LogP contribution in [0.2, 0.25) is 0 Å². The first-order chi connectivity index (χ1) is 15.4. The molecule has 33 heavy (non-hydrogen) atoms. The molecule has 0 saturated carbocycles. The van der Waals surface area contributed by atoms with Gasteiger partial charge in [0.05, 0.1) is 17.8 Å². The van der Waals surface area contributed by atoms with E-state index in [2.05, 4.69) is 10.1 Å². The minimum atomic E-state index is -4.56. The Morgan fingerprint density at radius 3 is 2.42 bits per heavy atom. The maximum atomic E-state index is 13.2. The third-order valence-electron chi connectivity index (χ3n) is 5.49. The van der Waals surface area contributed by atoms with Crippen molar-refractivity contribution in [1.29, 1.82) is 0 Å². The molecule has 1 amide bonds. The summed E-state index contributed by atoms with van der Waals surface area (Å²) in [5.41, 5.74) is 0.510. The monoisotopic (exact) mass is 468 g/mol. The standard InChI is InChI=1S/C22H18F6N4O/c1-13(33)31-8-7-18-17(12-31)20(15-3-2-4-16(9-15)21(23,24)25)30-32(18)11-14-5-6-19(29-10-14)22(26,27)28/h2-6,9-10H,7-8,11-12H2,1H3. The molecule has 0 atom stereocenters. The van der Waals surface area contributed by atoms with Crippen molar-refractivity contribution in [3.8, 4) is 11.3 Å². The predicted molar refractivity (Wildman–Crippen MR) is 106 cm³/mol. The summed E-state index contributed by atoms with van der Waals surface area (Å²) in [5.74, 6) is -0.171. The molecule has 0 aliphatic carbocycles. The molecule has 0 unspecified atom stereocenters. The number of aromatic nitrogens is 3. The van der Waals surface area contributed by atoms with Gasteiger partial charge in [0.1, 0.15) is 5.69 Å². The third kappa shape index (κ3) is 4.71. The summed E-state index contributed by atoms with van der Waals surface area (Å²) in [6, 6.07) is 6.92. The first kappa shape index (κ1) is 22.8. The lowest BCUT2D eigenvalue weighted by Gasteiger charge is -2.27. The zero-order chi connectivity index (χ0) is 24.0. The lowest BCUT2D eigenvalue weighted by Crippen LogP contribution is -2.34. The van der Waals surface area contributed by atoms with E-state index in [4.69, 9.17) is 0 Å². The Balaban J connectivity index is 1.75. The number of carbonyl (C=O) groups is 1. The van der Waals surface area contributed by atoms with Crippen LogP contribution in [0, 0.1) is 0 Å². The summed E-state index contributed by atoms with van der Waals surface area (Å²) in [6.07, 6.45) is -7.58. The molecule has 4 rings (SSSR count). The van der Waals surface area contributed by atoms with E-state index in [-0.39, 0.29) is 24.6 Å². The molecular formula is C22H18F6N4O. The Labute approximate surface area is 184 Å². The maximum absolute atomic E-state index is 13.2. The fourth-order valence-electron chi connectivity index (χ4n) is 3.82. The van der Waals surface area contributed by atoms with Crippen LogP contribution < -0.4 is 0 Å². The molecule has 0 radical (unpaired) electrons. The van der Waals surface area contributed by atoms with Crippen LogP contribution in [0.15, 0.2) is 42.6 Å². The van der Waals surface area contributed by atoms with Gasteiger partial charge in [0.15, 0.2) is 0 Å². The van der Waals surface area contributed by atoms with Crippen LogP contribution in [0.1, 0.15) is 35.0 Å². The van der Waals surface area contributed by atoms with E-state index in [1.165, 1.54) is 25.1 Å². The zero-order valence-electron chi connectivity index (χ0n) is 17.3. The van der Waals surface area contributed by atoms with Gasteiger partial charge in [0.25, 0.3) is 0 Å². The lowest BCUT2D eigenvalue weighted by molar-refractivity contribution is -0.141. The summed E-state index contributed by atoms with van der Waals surface area (Å²) in [7, 11) is 0. The molecule has 1 aliphatic rings. The molecule has 2 aromatic heterocycles. The van der Waals surface area contributed by atoms with Gasteiger partial charge in [-0.05, 0) is 23.8 Å². The van der Waals surface area contributed by atoms with E-state index < -0.39 is 23.6 Å². The van der Waals surface area contributed by atoms with Crippen LogP contribution in [-0.4, -0.2) is 32.1 Å². The average Bonchev–Trinajstić information content (AvgIpc) is 3.10. The van der Waals surface area contributed by atoms with Crippen LogP contribution >= 0.6 is 0 Å². The first-order valence-corrected chi connectivity index (χ1v) is 9.97. The second kappa shape index (κ2) is 8.20. The lowest BCUT2D eigenvalue weighted by atomic mass is 9.99. The van der Waals surface area contributed by atoms with Gasteiger partial charge in [-0.2, -0.15) is 31.4 Å². The minimum absolute atomic E-state index is 0.0898. The predicted octanol–water partition coefficient (Wildman–Crippen LogP) is 4.94. The molecule has 3 aromatic rings. The second-order valence-corrected chi connectivity index (χ2v) is 7.75. The highest BCUT2D eigenvalue weighted by Crippen LogP contribution is 2.35. The van der Waals surface area contributed by atoms with Crippen molar-refractivity contribution < 1.29 is 31.1 Å². The topological polar surface area (TPSA) is 51.0 Å². The second-order valence-electron chi connectivity index (χ2n) is 7.75. The fraction of sp³-hybridized carbons (Fsp3) is 0.318. The van der Waals surface area contributed by atoms with Gasteiger partial charge in [-0.3, -0.25) is 14.5 Å². The number of halogens is 6. The number of benzene rings is 1. The summed E-state index contributed by atoms with van der Waals surface area (Å²) in [5, 5.41) is 4.51. The summed E-state index contributed by atoms with van der Waals surface area (Å²) < 4.78 is 79.6. The van der Waals surface area contributed by atoms with E-state index in [0.717, 1.165) is 30.1 Å². The Hall–Kier alpha value is -3.37. The van der Waals surface area contributed by atoms with E-state index in [1.807, 2.05) is 0 Å². The molecule has 0 saturated heterocycles. The van der Waals surface area contributed by atoms with E-state index in [0.29, 0.717) is 29.8 Å². The van der Waals surface area contributed by atoms with Crippen molar-refractivity contribution in [1.82, 2.24) is 19.7 Å². The van der Waals surface area contributed by atoms with E-state index in [1.54, 1.807) is 9.58 Å². The number of alkyl halides is 6. The molecule has 0 spiro atoms. The van der Waals surface area contributed by atoms with E-state index >= 15 is 0 Å². The normalized spacial score (nSPS) is 14.3. The number of carbonyl (C=O) groups excluding carboxylic acids is 1. The molecule has 0 N–H and O–H groups in total. The van der Waals surface area contributed by atoms with Crippen molar-refractivity contribution in [2.45, 2.75) is 38.8 Å². The van der Waals surface area contributed by atoms with Crippen LogP contribution in [0.25, 0.3) is 11.3 Å². The quantitative estimate of drug-likeness (QED) is 0.512. The van der Waals surface area contributed by atoms with Crippen LogP contribution in [0.5, 0.6) is 0 Å². The van der Waals surface area contributed by atoms with Crippen LogP contribution in [0.3, 0.4) is 0 Å². The molecule has 0 fully saturated rings. The molecule has 5 nitrogen and oxygen atoms in total. The van der Waals surface area contributed by atoms with Gasteiger partial charge in [0.2, 0.25) is 5.91 Å². The number of nitrogens with zero attached hydrogens (tertiary/aromatic N) is 4. The molecule has 1 aliphatic heterocycles. The van der Waals surface area contributed by atoms with Gasteiger partial charge in [-0.1, -0.05) is 18.2 Å². The Morgan fingerprint density at radius 2 is 1.82 bits per heavy atom. The van der Waals surface area contributed by atoms with Crippen molar-refractivity contribution in [3.05, 3.63) is 70.7 Å². The summed E-state index contributed by atoms with van der Waals surface area (Å²) in [6.45, 7) is 2.09. The molecule has 1 aromatic carbocycles. The molecule has 0 bridgehead atoms. The smallest absolute Gasteiger partial charge is 0.338 e. The molecular weight excluding hydrogens is 450 g/mol. The summed E-state index contributed by atoms with van der Waals surface area (Å²) in [4.78, 5) is 16.9. The Morgan fingerprint density at radius 1 is 1.06 bits per heavy atom. The summed E-state index contributed by atoms with van der Waals surface area (Å²) >= 11 is 0. The van der Waals surface area contributed by atoms with E-state index in [9.17, 15) is 31.1 Å². The highest BCUT2D eigenvalue weighted by molar-refractivity contribution is 5.74. The molecule has 3 heterocycles. The van der Waals surface area contributed by atoms with Crippen LogP contribution in [0.4, 0.5) is 26.3 Å². The molecule has 11 heteroatoms. The number of rotatable bonds is 3. The van der Waals surface area contributed by atoms with Crippen molar-refractivity contribution in [2.75, 3.05) is 6.54 Å². The number of pyridine rings is 1. The molecule has 174 valence electrons. The Kier molecular flexibility index (Phi) is 5.67. The number of hydrogen-bond donors (Lipinski definition) is 0. The number of hydrogen-bond acceptors (Lipinski definition) is 3. The van der Waals surface area contributed by atoms with Gasteiger partial charge >= 0.3 is 12.4 Å². The largest absolute Gasteiger partial charge is 0.433 e. The minimum Gasteiger partial charge on any atom is -0.338 e. The third-order valence-corrected chi connectivity index (χ3v) is 5.49. The van der Waals surface area contributed by atoms with Crippen molar-refractivity contribution in [2.24, 2.45) is 0 Å². The fourth-order valence-corrected chi connectivity index (χ4v) is 3.82. The van der Waals surface area contributed by atoms with Crippen molar-refractivity contribution in [3.63, 3.8) is 0 Å². The van der Waals surface area contributed by atoms with Gasteiger partial charge in [-0.25, -0.2) is 0 Å². The van der Waals surface area contributed by atoms with Gasteiger partial charge in [0, 0.05) is 49.5 Å². The number of amides is 1.